The summed E-state index contributed by atoms with van der Waals surface area (Å²) in [5.74, 6) is 0. The van der Waals surface area contributed by atoms with Gasteiger partial charge < -0.3 is 10.1 Å². The maximum absolute atomic E-state index is 11.8. The van der Waals surface area contributed by atoms with Crippen LogP contribution in [0.15, 0.2) is 24.3 Å². The van der Waals surface area contributed by atoms with Crippen LogP contribution in [0.2, 0.25) is 0 Å². The van der Waals surface area contributed by atoms with Gasteiger partial charge in [0.25, 0.3) is 0 Å². The van der Waals surface area contributed by atoms with Crippen LogP contribution in [0.1, 0.15) is 5.56 Å². The van der Waals surface area contributed by atoms with E-state index in [1.807, 2.05) is 24.3 Å². The first kappa shape index (κ1) is 9.40. The molecule has 0 unspecified atom stereocenters. The molecule has 1 N–H and O–H groups in total. The third kappa shape index (κ3) is 2.01. The summed E-state index contributed by atoms with van der Waals surface area (Å²) >= 11 is 0. The summed E-state index contributed by atoms with van der Waals surface area (Å²) in [5, 5.41) is 3.13. The van der Waals surface area contributed by atoms with Gasteiger partial charge in [0.05, 0.1) is 12.6 Å². The van der Waals surface area contributed by atoms with Crippen LogP contribution >= 0.6 is 0 Å². The van der Waals surface area contributed by atoms with Crippen molar-refractivity contribution in [2.45, 2.75) is 19.1 Å². The average Bonchev–Trinajstić information content (AvgIpc) is 2.57. The molecular formula is C10H11F2NO. The number of benzene rings is 1. The van der Waals surface area contributed by atoms with Crippen molar-refractivity contribution in [3.8, 4) is 0 Å². The number of rotatable bonds is 3. The van der Waals surface area contributed by atoms with Crippen LogP contribution in [0, 0.1) is 0 Å². The van der Waals surface area contributed by atoms with Crippen molar-refractivity contribution in [2.75, 3.05) is 11.9 Å². The van der Waals surface area contributed by atoms with E-state index in [1.165, 1.54) is 0 Å². The van der Waals surface area contributed by atoms with Crippen LogP contribution in [0.4, 0.5) is 14.5 Å². The number of para-hydroxylation sites is 1. The summed E-state index contributed by atoms with van der Waals surface area (Å²) in [4.78, 5) is 0. The minimum Gasteiger partial charge on any atom is -0.379 e. The average molecular weight is 199 g/mol. The van der Waals surface area contributed by atoms with E-state index in [2.05, 4.69) is 10.1 Å². The summed E-state index contributed by atoms with van der Waals surface area (Å²) in [5.41, 5.74) is 2.19. The second kappa shape index (κ2) is 3.92. The molecular weight excluding hydrogens is 188 g/mol. The van der Waals surface area contributed by atoms with Crippen LogP contribution in [0.5, 0.6) is 0 Å². The molecule has 1 aromatic carbocycles. The Kier molecular flexibility index (Phi) is 2.63. The number of nitrogens with one attached hydrogen (secondary N) is 1. The highest BCUT2D eigenvalue weighted by molar-refractivity contribution is 5.56. The van der Waals surface area contributed by atoms with Crippen LogP contribution < -0.4 is 5.32 Å². The fourth-order valence-electron chi connectivity index (χ4n) is 1.67. The van der Waals surface area contributed by atoms with E-state index in [-0.39, 0.29) is 12.6 Å². The highest BCUT2D eigenvalue weighted by Crippen LogP contribution is 2.25. The molecule has 0 amide bonds. The van der Waals surface area contributed by atoms with Gasteiger partial charge in [-0.15, -0.1) is 0 Å². The Morgan fingerprint density at radius 3 is 2.93 bits per heavy atom. The van der Waals surface area contributed by atoms with Crippen molar-refractivity contribution >= 4 is 5.69 Å². The Hall–Kier alpha value is -1.16. The molecule has 2 nitrogen and oxygen atoms in total. The third-order valence-electron chi connectivity index (χ3n) is 2.27. The van der Waals surface area contributed by atoms with Gasteiger partial charge in [-0.05, 0) is 18.1 Å². The lowest BCUT2D eigenvalue weighted by Crippen LogP contribution is -2.23. The fourth-order valence-corrected chi connectivity index (χ4v) is 1.67. The molecule has 2 rings (SSSR count). The van der Waals surface area contributed by atoms with Gasteiger partial charge in [0.2, 0.25) is 0 Å². The molecule has 0 aromatic heterocycles. The largest absolute Gasteiger partial charge is 0.379 e. The van der Waals surface area contributed by atoms with Crippen molar-refractivity contribution in [3.05, 3.63) is 29.8 Å². The molecule has 0 saturated heterocycles. The van der Waals surface area contributed by atoms with E-state index in [1.54, 1.807) is 0 Å². The lowest BCUT2D eigenvalue weighted by atomic mass is 10.1. The summed E-state index contributed by atoms with van der Waals surface area (Å²) in [6, 6.07) is 7.77. The highest BCUT2D eigenvalue weighted by Gasteiger charge is 2.20. The first-order valence-corrected chi connectivity index (χ1v) is 4.50. The summed E-state index contributed by atoms with van der Waals surface area (Å²) in [6.45, 7) is -2.63. The fraction of sp³-hybridized carbons (Fsp3) is 0.400. The maximum Gasteiger partial charge on any atom is 0.345 e. The number of alkyl halides is 2. The van der Waals surface area contributed by atoms with E-state index in [0.717, 1.165) is 17.7 Å². The van der Waals surface area contributed by atoms with E-state index >= 15 is 0 Å². The van der Waals surface area contributed by atoms with Crippen molar-refractivity contribution in [2.24, 2.45) is 0 Å². The second-order valence-corrected chi connectivity index (χ2v) is 3.30. The molecule has 14 heavy (non-hydrogen) atoms. The molecule has 0 aliphatic carbocycles. The monoisotopic (exact) mass is 199 g/mol. The Morgan fingerprint density at radius 2 is 2.21 bits per heavy atom. The summed E-state index contributed by atoms with van der Waals surface area (Å²) in [7, 11) is 0. The van der Waals surface area contributed by atoms with Gasteiger partial charge in [-0.2, -0.15) is 8.78 Å². The molecule has 0 spiro atoms. The standard InChI is InChI=1S/C10H11F2NO/c11-10(12)14-6-8-5-7-3-1-2-4-9(7)13-8/h1-4,8,10,13H,5-6H2/t8-/m0/s1. The second-order valence-electron chi connectivity index (χ2n) is 3.30. The van der Waals surface area contributed by atoms with Gasteiger partial charge in [-0.25, -0.2) is 0 Å². The Bertz CT molecular complexity index is 292. The van der Waals surface area contributed by atoms with Gasteiger partial charge in [-0.3, -0.25) is 0 Å². The highest BCUT2D eigenvalue weighted by atomic mass is 19.3. The lowest BCUT2D eigenvalue weighted by Gasteiger charge is -2.10. The maximum atomic E-state index is 11.8. The number of ether oxygens (including phenoxy) is 1. The van der Waals surface area contributed by atoms with E-state index < -0.39 is 6.61 Å². The lowest BCUT2D eigenvalue weighted by molar-refractivity contribution is -0.130. The molecule has 1 aliphatic rings. The normalized spacial score (nSPS) is 19.5. The summed E-state index contributed by atoms with van der Waals surface area (Å²) < 4.78 is 27.8. The zero-order valence-corrected chi connectivity index (χ0v) is 7.54. The van der Waals surface area contributed by atoms with Crippen molar-refractivity contribution in [1.29, 1.82) is 0 Å². The van der Waals surface area contributed by atoms with Crippen molar-refractivity contribution in [1.82, 2.24) is 0 Å². The zero-order valence-electron chi connectivity index (χ0n) is 7.54. The molecule has 0 fully saturated rings. The minimum absolute atomic E-state index is 0.0265. The van der Waals surface area contributed by atoms with Crippen LogP contribution in [0.3, 0.4) is 0 Å². The topological polar surface area (TPSA) is 21.3 Å². The third-order valence-corrected chi connectivity index (χ3v) is 2.27. The number of hydrogen-bond acceptors (Lipinski definition) is 2. The number of halogens is 2. The number of anilines is 1. The quantitative estimate of drug-likeness (QED) is 0.806. The van der Waals surface area contributed by atoms with Crippen LogP contribution in [-0.4, -0.2) is 19.3 Å². The molecule has 76 valence electrons. The van der Waals surface area contributed by atoms with Crippen LogP contribution in [0.25, 0.3) is 0 Å². The van der Waals surface area contributed by atoms with E-state index in [0.29, 0.717) is 0 Å². The molecule has 4 heteroatoms. The molecule has 1 aliphatic heterocycles. The SMILES string of the molecule is FC(F)OC[C@@H]1Cc2ccccc2N1. The van der Waals surface area contributed by atoms with E-state index in [4.69, 9.17) is 0 Å². The first-order valence-electron chi connectivity index (χ1n) is 4.50. The predicted molar refractivity (Wildman–Crippen MR) is 49.5 cm³/mol. The smallest absolute Gasteiger partial charge is 0.345 e. The molecule has 0 radical (unpaired) electrons. The zero-order chi connectivity index (χ0) is 9.97. The number of fused-ring (bicyclic) bond motifs is 1. The minimum atomic E-state index is -2.68. The van der Waals surface area contributed by atoms with Gasteiger partial charge in [0.1, 0.15) is 0 Å². The first-order chi connectivity index (χ1) is 6.75. The van der Waals surface area contributed by atoms with E-state index in [9.17, 15) is 8.78 Å². The Labute approximate surface area is 80.9 Å². The van der Waals surface area contributed by atoms with Gasteiger partial charge in [-0.1, -0.05) is 18.2 Å². The van der Waals surface area contributed by atoms with Crippen LogP contribution in [-0.2, 0) is 11.2 Å². The Morgan fingerprint density at radius 1 is 1.43 bits per heavy atom. The molecule has 1 aromatic rings. The molecule has 1 atom stereocenters. The van der Waals surface area contributed by atoms with Crippen molar-refractivity contribution in [3.63, 3.8) is 0 Å². The molecule has 0 bridgehead atoms. The molecule has 0 saturated carbocycles. The predicted octanol–water partition coefficient (Wildman–Crippen LogP) is 2.26. The number of hydrogen-bond donors (Lipinski definition) is 1. The summed E-state index contributed by atoms with van der Waals surface area (Å²) in [6.07, 6.45) is 0.753. The van der Waals surface area contributed by atoms with Gasteiger partial charge >= 0.3 is 6.61 Å². The molecule has 1 heterocycles. The van der Waals surface area contributed by atoms with Crippen molar-refractivity contribution < 1.29 is 13.5 Å². The Balaban J connectivity index is 1.92. The van der Waals surface area contributed by atoms with Gasteiger partial charge in [0.15, 0.2) is 0 Å². The van der Waals surface area contributed by atoms with Gasteiger partial charge in [0, 0.05) is 5.69 Å².